The third-order valence-electron chi connectivity index (χ3n) is 3.73. The van der Waals surface area contributed by atoms with Crippen LogP contribution in [0.4, 0.5) is 4.79 Å². The number of aromatic nitrogens is 2. The Morgan fingerprint density at radius 2 is 2.24 bits per heavy atom. The summed E-state index contributed by atoms with van der Waals surface area (Å²) in [6.07, 6.45) is 2.13. The molecule has 2 N–H and O–H groups in total. The lowest BCUT2D eigenvalue weighted by atomic mass is 10.0. The number of carbonyl (C=O) groups is 2. The predicted octanol–water partition coefficient (Wildman–Crippen LogP) is 2.69. The highest BCUT2D eigenvalue weighted by Crippen LogP contribution is 2.30. The summed E-state index contributed by atoms with van der Waals surface area (Å²) < 4.78 is 5.17. The molecule has 132 valence electrons. The molecule has 1 aliphatic rings. The fraction of sp³-hybridized carbons (Fsp3) is 0.375. The van der Waals surface area contributed by atoms with E-state index in [9.17, 15) is 9.59 Å². The van der Waals surface area contributed by atoms with Gasteiger partial charge in [0.25, 0.3) is 0 Å². The third kappa shape index (κ3) is 3.77. The predicted molar refractivity (Wildman–Crippen MR) is 97.5 cm³/mol. The van der Waals surface area contributed by atoms with E-state index in [1.165, 1.54) is 18.1 Å². The molecule has 1 atom stereocenters. The van der Waals surface area contributed by atoms with Crippen molar-refractivity contribution in [2.75, 3.05) is 12.4 Å². The molecule has 0 unspecified atom stereocenters. The zero-order chi connectivity index (χ0) is 17.8. The fourth-order valence-electron chi connectivity index (χ4n) is 2.60. The fourth-order valence-corrected chi connectivity index (χ4v) is 4.35. The van der Waals surface area contributed by atoms with Crippen LogP contribution in [0, 0.1) is 0 Å². The molecule has 1 aliphatic heterocycles. The second-order valence-electron chi connectivity index (χ2n) is 5.28. The lowest BCUT2D eigenvalue weighted by Gasteiger charge is -2.28. The summed E-state index contributed by atoms with van der Waals surface area (Å²) in [5.74, 6) is 0.0147. The molecule has 25 heavy (non-hydrogen) atoms. The van der Waals surface area contributed by atoms with Crippen LogP contribution in [0.15, 0.2) is 34.1 Å². The van der Waals surface area contributed by atoms with Crippen LogP contribution < -0.4 is 10.6 Å². The van der Waals surface area contributed by atoms with Crippen molar-refractivity contribution in [1.29, 1.82) is 0 Å². The second kappa shape index (κ2) is 7.83. The van der Waals surface area contributed by atoms with Gasteiger partial charge in [0, 0.05) is 16.8 Å². The molecule has 9 heteroatoms. The summed E-state index contributed by atoms with van der Waals surface area (Å²) >= 11 is 3.01. The Bertz CT molecular complexity index is 834. The van der Waals surface area contributed by atoms with Crippen molar-refractivity contribution in [1.82, 2.24) is 20.6 Å². The number of thiophene rings is 1. The number of rotatable bonds is 6. The van der Waals surface area contributed by atoms with E-state index < -0.39 is 5.97 Å². The van der Waals surface area contributed by atoms with Gasteiger partial charge in [0.05, 0.1) is 18.2 Å². The van der Waals surface area contributed by atoms with Gasteiger partial charge in [0.1, 0.15) is 16.2 Å². The topological polar surface area (TPSA) is 93.2 Å². The van der Waals surface area contributed by atoms with E-state index in [1.54, 1.807) is 18.3 Å². The molecule has 0 bridgehead atoms. The van der Waals surface area contributed by atoms with Gasteiger partial charge in [-0.1, -0.05) is 18.7 Å². The Hall–Kier alpha value is -2.13. The number of ether oxygens (including phenoxy) is 1. The molecule has 3 rings (SSSR count). The lowest BCUT2D eigenvalue weighted by Crippen LogP contribution is -2.50. The zero-order valence-corrected chi connectivity index (χ0v) is 15.5. The minimum absolute atomic E-state index is 0.286. The van der Waals surface area contributed by atoms with Crippen LogP contribution in [-0.4, -0.2) is 40.4 Å². The third-order valence-corrected chi connectivity index (χ3v) is 5.58. The summed E-state index contributed by atoms with van der Waals surface area (Å²) in [5.41, 5.74) is 1.05. The van der Waals surface area contributed by atoms with E-state index >= 15 is 0 Å². The SMILES string of the molecule is CCOC(=O)C1=C(CSc2ncnc3sccc23)NC(=O)N[C@H]1CC. The van der Waals surface area contributed by atoms with Crippen LogP contribution in [0.25, 0.3) is 10.2 Å². The van der Waals surface area contributed by atoms with E-state index in [1.807, 2.05) is 18.4 Å². The number of hydrogen-bond donors (Lipinski definition) is 2. The van der Waals surface area contributed by atoms with Gasteiger partial charge < -0.3 is 15.4 Å². The number of amides is 2. The Morgan fingerprint density at radius 1 is 1.40 bits per heavy atom. The van der Waals surface area contributed by atoms with Crippen molar-refractivity contribution in [2.45, 2.75) is 31.3 Å². The Kier molecular flexibility index (Phi) is 5.54. The zero-order valence-electron chi connectivity index (χ0n) is 13.9. The molecule has 0 saturated heterocycles. The molecule has 2 aromatic rings. The van der Waals surface area contributed by atoms with Gasteiger partial charge in [-0.3, -0.25) is 0 Å². The Morgan fingerprint density at radius 3 is 3.00 bits per heavy atom. The quantitative estimate of drug-likeness (QED) is 0.456. The number of esters is 1. The number of carbonyl (C=O) groups excluding carboxylic acids is 2. The highest BCUT2D eigenvalue weighted by Gasteiger charge is 2.31. The number of fused-ring (bicyclic) bond motifs is 1. The highest BCUT2D eigenvalue weighted by molar-refractivity contribution is 7.99. The average molecular weight is 378 g/mol. The average Bonchev–Trinajstić information content (AvgIpc) is 3.08. The summed E-state index contributed by atoms with van der Waals surface area (Å²) in [4.78, 5) is 33.7. The first kappa shape index (κ1) is 17.7. The van der Waals surface area contributed by atoms with Crippen molar-refractivity contribution in [3.05, 3.63) is 29.0 Å². The van der Waals surface area contributed by atoms with Crippen molar-refractivity contribution < 1.29 is 14.3 Å². The maximum atomic E-state index is 12.4. The molecule has 0 spiro atoms. The van der Waals surface area contributed by atoms with Crippen molar-refractivity contribution in [3.8, 4) is 0 Å². The van der Waals surface area contributed by atoms with Gasteiger partial charge in [0.2, 0.25) is 0 Å². The number of nitrogens with one attached hydrogen (secondary N) is 2. The molecule has 7 nitrogen and oxygen atoms in total. The van der Waals surface area contributed by atoms with Gasteiger partial charge in [-0.25, -0.2) is 19.6 Å². The van der Waals surface area contributed by atoms with E-state index in [0.717, 1.165) is 15.2 Å². The molecule has 0 saturated carbocycles. The van der Waals surface area contributed by atoms with E-state index in [0.29, 0.717) is 23.4 Å². The molecule has 3 heterocycles. The molecule has 2 aromatic heterocycles. The summed E-state index contributed by atoms with van der Waals surface area (Å²) in [6.45, 7) is 3.96. The lowest BCUT2D eigenvalue weighted by molar-refractivity contribution is -0.139. The summed E-state index contributed by atoms with van der Waals surface area (Å²) in [6, 6.07) is 1.31. The summed E-state index contributed by atoms with van der Waals surface area (Å²) in [5, 5.41) is 9.28. The maximum Gasteiger partial charge on any atom is 0.337 e. The van der Waals surface area contributed by atoms with Crippen LogP contribution in [0.5, 0.6) is 0 Å². The van der Waals surface area contributed by atoms with Gasteiger partial charge in [-0.15, -0.1) is 11.3 Å². The van der Waals surface area contributed by atoms with Crippen LogP contribution >= 0.6 is 23.1 Å². The first-order chi connectivity index (χ1) is 12.1. The molecule has 0 radical (unpaired) electrons. The van der Waals surface area contributed by atoms with Gasteiger partial charge in [0.15, 0.2) is 0 Å². The van der Waals surface area contributed by atoms with Crippen molar-refractivity contribution >= 4 is 45.3 Å². The number of thioether (sulfide) groups is 1. The monoisotopic (exact) mass is 378 g/mol. The van der Waals surface area contributed by atoms with Gasteiger partial charge in [-0.2, -0.15) is 0 Å². The van der Waals surface area contributed by atoms with E-state index in [-0.39, 0.29) is 18.7 Å². The standard InChI is InChI=1S/C16H18N4O3S2/c1-3-10-12(15(21)23-4-2)11(20-16(22)19-10)7-25-14-9-5-6-24-13(9)17-8-18-14/h5-6,8,10H,3-4,7H2,1-2H3,(H2,19,20,22)/t10-/m0/s1. The van der Waals surface area contributed by atoms with Crippen LogP contribution in [-0.2, 0) is 9.53 Å². The smallest absolute Gasteiger partial charge is 0.337 e. The minimum Gasteiger partial charge on any atom is -0.463 e. The van der Waals surface area contributed by atoms with Crippen LogP contribution in [0.1, 0.15) is 20.3 Å². The van der Waals surface area contributed by atoms with Crippen molar-refractivity contribution in [3.63, 3.8) is 0 Å². The number of urea groups is 1. The van der Waals surface area contributed by atoms with Crippen LogP contribution in [0.2, 0.25) is 0 Å². The molecule has 0 aliphatic carbocycles. The first-order valence-corrected chi connectivity index (χ1v) is 9.79. The van der Waals surface area contributed by atoms with Crippen LogP contribution in [0.3, 0.4) is 0 Å². The minimum atomic E-state index is -0.402. The molecule has 0 aromatic carbocycles. The molecule has 0 fully saturated rings. The largest absolute Gasteiger partial charge is 0.463 e. The molecule has 2 amide bonds. The maximum absolute atomic E-state index is 12.4. The summed E-state index contributed by atoms with van der Waals surface area (Å²) in [7, 11) is 0. The van der Waals surface area contributed by atoms with Gasteiger partial charge in [-0.05, 0) is 24.8 Å². The number of nitrogens with zero attached hydrogens (tertiary/aromatic N) is 2. The number of hydrogen-bond acceptors (Lipinski definition) is 7. The second-order valence-corrected chi connectivity index (χ2v) is 7.14. The Labute approximate surface area is 153 Å². The highest BCUT2D eigenvalue weighted by atomic mass is 32.2. The van der Waals surface area contributed by atoms with Gasteiger partial charge >= 0.3 is 12.0 Å². The van der Waals surface area contributed by atoms with Crippen molar-refractivity contribution in [2.24, 2.45) is 0 Å². The van der Waals surface area contributed by atoms with E-state index in [4.69, 9.17) is 4.74 Å². The molecular formula is C16H18N4O3S2. The van der Waals surface area contributed by atoms with E-state index in [2.05, 4.69) is 20.6 Å². The normalized spacial score (nSPS) is 17.4. The Balaban J connectivity index is 1.89. The first-order valence-electron chi connectivity index (χ1n) is 7.92. The molecular weight excluding hydrogens is 360 g/mol.